The van der Waals surface area contributed by atoms with Gasteiger partial charge in [0.2, 0.25) is 35.4 Å². The first-order chi connectivity index (χ1) is 16.8. The number of carbonyl (C=O) groups excluding carboxylic acids is 6. The van der Waals surface area contributed by atoms with Crippen molar-refractivity contribution in [1.29, 1.82) is 0 Å². The quantitative estimate of drug-likeness (QED) is 0.0910. The van der Waals surface area contributed by atoms with Crippen molar-refractivity contribution in [2.45, 2.75) is 31.5 Å². The van der Waals surface area contributed by atoms with Gasteiger partial charge in [0.1, 0.15) is 24.7 Å². The zero-order chi connectivity index (χ0) is 27.8. The summed E-state index contributed by atoms with van der Waals surface area (Å²) < 4.78 is 0. The molecule has 0 saturated carbocycles. The summed E-state index contributed by atoms with van der Waals surface area (Å²) in [6, 6.07) is -4.55. The topological polar surface area (TPSA) is 295 Å². The van der Waals surface area contributed by atoms with E-state index in [1.54, 1.807) is 0 Å². The zero-order valence-corrected chi connectivity index (χ0v) is 19.2. The lowest BCUT2D eigenvalue weighted by Gasteiger charge is -2.22. The fourth-order valence-corrected chi connectivity index (χ4v) is 2.28. The maximum atomic E-state index is 12.4. The third-order valence-corrected chi connectivity index (χ3v) is 4.09. The van der Waals surface area contributed by atoms with Gasteiger partial charge < -0.3 is 53.0 Å². The zero-order valence-electron chi connectivity index (χ0n) is 19.2. The van der Waals surface area contributed by atoms with Gasteiger partial charge >= 0.3 is 11.9 Å². The van der Waals surface area contributed by atoms with Gasteiger partial charge in [-0.3, -0.25) is 38.4 Å². The molecule has 0 saturated heterocycles. The molecule has 0 radical (unpaired) electrons. The first-order valence-corrected chi connectivity index (χ1v) is 10.3. The van der Waals surface area contributed by atoms with Crippen molar-refractivity contribution in [3.05, 3.63) is 0 Å². The summed E-state index contributed by atoms with van der Waals surface area (Å²) in [5.74, 6) is -8.23. The van der Waals surface area contributed by atoms with Crippen LogP contribution in [0.4, 0.5) is 0 Å². The molecule has 36 heavy (non-hydrogen) atoms. The number of amides is 6. The number of hydrogen-bond donors (Lipinski definition) is 10. The molecule has 0 unspecified atom stereocenters. The molecule has 0 heterocycles. The Kier molecular flexibility index (Phi) is 14.4. The highest BCUT2D eigenvalue weighted by molar-refractivity contribution is 5.96. The van der Waals surface area contributed by atoms with Gasteiger partial charge in [-0.1, -0.05) is 0 Å². The minimum absolute atomic E-state index is 0.399. The van der Waals surface area contributed by atoms with Crippen molar-refractivity contribution < 1.29 is 53.7 Å². The predicted octanol–water partition coefficient (Wildman–Crippen LogP) is -6.68. The van der Waals surface area contributed by atoms with E-state index in [2.05, 4.69) is 26.6 Å². The summed E-state index contributed by atoms with van der Waals surface area (Å²) in [4.78, 5) is 92.6. The van der Waals surface area contributed by atoms with Crippen LogP contribution < -0.4 is 37.6 Å². The van der Waals surface area contributed by atoms with Crippen LogP contribution in [0.25, 0.3) is 0 Å². The first kappa shape index (κ1) is 31.7. The molecule has 3 atom stereocenters. The SMILES string of the molecule is C[C@H](NC(=O)[C@H](CC(=O)O)NC(=O)CNC(=O)CN)C(=O)N[C@@H](CO)C(=O)NCC(=O)NCC(=O)O. The first-order valence-electron chi connectivity index (χ1n) is 10.3. The third-order valence-electron chi connectivity index (χ3n) is 4.09. The molecule has 11 N–H and O–H groups in total. The Morgan fingerprint density at radius 3 is 1.78 bits per heavy atom. The molecule has 0 spiro atoms. The average molecular weight is 519 g/mol. The van der Waals surface area contributed by atoms with Crippen LogP contribution >= 0.6 is 0 Å². The van der Waals surface area contributed by atoms with E-state index in [1.165, 1.54) is 6.92 Å². The van der Waals surface area contributed by atoms with Gasteiger partial charge in [0.15, 0.2) is 0 Å². The van der Waals surface area contributed by atoms with Crippen molar-refractivity contribution in [3.8, 4) is 0 Å². The summed E-state index contributed by atoms with van der Waals surface area (Å²) in [6.07, 6.45) is -0.859. The van der Waals surface area contributed by atoms with Crippen LogP contribution in [0.3, 0.4) is 0 Å². The standard InChI is InChI=1S/C18H29N7O11/c1-8(16(34)25-10(7-26)17(35)22-4-12(28)21-6-15(32)33)23-18(36)9(2-14(30)31)24-13(29)5-20-11(27)3-19/h8-10,26H,2-7,19H2,1H3,(H,20,27)(H,21,28)(H,22,35)(H,23,36)(H,24,29)(H,25,34)(H,30,31)(H,32,33)/t8-,9-,10-/m0/s1. The second-order valence-corrected chi connectivity index (χ2v) is 7.06. The molecular weight excluding hydrogens is 490 g/mol. The van der Waals surface area contributed by atoms with Crippen molar-refractivity contribution in [3.63, 3.8) is 0 Å². The largest absolute Gasteiger partial charge is 0.481 e. The van der Waals surface area contributed by atoms with Crippen LogP contribution in [0.2, 0.25) is 0 Å². The van der Waals surface area contributed by atoms with Crippen LogP contribution in [0, 0.1) is 0 Å². The lowest BCUT2D eigenvalue weighted by molar-refractivity contribution is -0.141. The number of carbonyl (C=O) groups is 8. The van der Waals surface area contributed by atoms with Crippen LogP contribution in [0.1, 0.15) is 13.3 Å². The van der Waals surface area contributed by atoms with Crippen LogP contribution in [0.5, 0.6) is 0 Å². The van der Waals surface area contributed by atoms with E-state index in [9.17, 15) is 43.5 Å². The van der Waals surface area contributed by atoms with Gasteiger partial charge in [-0.15, -0.1) is 0 Å². The number of nitrogens with one attached hydrogen (secondary N) is 6. The summed E-state index contributed by atoms with van der Waals surface area (Å²) in [5, 5.41) is 39.3. The van der Waals surface area contributed by atoms with Crippen molar-refractivity contribution in [1.82, 2.24) is 31.9 Å². The van der Waals surface area contributed by atoms with Gasteiger partial charge in [-0.05, 0) is 6.92 Å². The minimum Gasteiger partial charge on any atom is -0.481 e. The van der Waals surface area contributed by atoms with E-state index < -0.39 is 105 Å². The minimum atomic E-state index is -1.62. The molecule has 0 bridgehead atoms. The molecule has 18 nitrogen and oxygen atoms in total. The normalized spacial score (nSPS) is 12.6. The Labute approximate surface area is 203 Å². The smallest absolute Gasteiger partial charge is 0.322 e. The van der Waals surface area contributed by atoms with Gasteiger partial charge in [0.25, 0.3) is 0 Å². The number of aliphatic hydroxyl groups excluding tert-OH is 1. The number of aliphatic carboxylic acids is 2. The van der Waals surface area contributed by atoms with E-state index in [0.29, 0.717) is 0 Å². The Balaban J connectivity index is 4.92. The highest BCUT2D eigenvalue weighted by atomic mass is 16.4. The Morgan fingerprint density at radius 2 is 1.25 bits per heavy atom. The van der Waals surface area contributed by atoms with E-state index in [-0.39, 0.29) is 0 Å². The van der Waals surface area contributed by atoms with Crippen LogP contribution in [-0.2, 0) is 38.4 Å². The van der Waals surface area contributed by atoms with Crippen molar-refractivity contribution >= 4 is 47.4 Å². The number of nitrogens with two attached hydrogens (primary N) is 1. The van der Waals surface area contributed by atoms with Gasteiger partial charge in [-0.2, -0.15) is 0 Å². The molecule has 0 aromatic rings. The molecule has 0 fully saturated rings. The van der Waals surface area contributed by atoms with Crippen molar-refractivity contribution in [2.24, 2.45) is 5.73 Å². The predicted molar refractivity (Wildman–Crippen MR) is 117 cm³/mol. The summed E-state index contributed by atoms with van der Waals surface area (Å²) in [6.45, 7) is -2.05. The monoisotopic (exact) mass is 519 g/mol. The maximum Gasteiger partial charge on any atom is 0.322 e. The summed E-state index contributed by atoms with van der Waals surface area (Å²) >= 11 is 0. The van der Waals surface area contributed by atoms with E-state index in [0.717, 1.165) is 0 Å². The molecule has 0 aliphatic carbocycles. The Hall–Kier alpha value is -4.32. The fraction of sp³-hybridized carbons (Fsp3) is 0.556. The lowest BCUT2D eigenvalue weighted by Crippen LogP contribution is -2.57. The van der Waals surface area contributed by atoms with Crippen molar-refractivity contribution in [2.75, 3.05) is 32.8 Å². The maximum absolute atomic E-state index is 12.4. The molecule has 0 rings (SSSR count). The number of hydrogen-bond acceptors (Lipinski definition) is 10. The summed E-state index contributed by atoms with van der Waals surface area (Å²) in [7, 11) is 0. The number of aliphatic hydroxyl groups is 1. The number of carboxylic acid groups (broad SMARTS) is 2. The number of rotatable bonds is 16. The average Bonchev–Trinajstić information content (AvgIpc) is 2.81. The van der Waals surface area contributed by atoms with Crippen LogP contribution in [0.15, 0.2) is 0 Å². The summed E-state index contributed by atoms with van der Waals surface area (Å²) in [5.41, 5.74) is 5.07. The molecule has 6 amide bonds. The molecule has 202 valence electrons. The highest BCUT2D eigenvalue weighted by Gasteiger charge is 2.28. The Bertz CT molecular complexity index is 864. The Morgan fingerprint density at radius 1 is 0.667 bits per heavy atom. The second-order valence-electron chi connectivity index (χ2n) is 7.06. The van der Waals surface area contributed by atoms with Crippen LogP contribution in [-0.4, -0.2) is 114 Å². The third kappa shape index (κ3) is 13.4. The molecule has 18 heteroatoms. The molecule has 0 aliphatic rings. The number of carboxylic acids is 2. The molecular formula is C18H29N7O11. The highest BCUT2D eigenvalue weighted by Crippen LogP contribution is 1.96. The van der Waals surface area contributed by atoms with E-state index >= 15 is 0 Å². The van der Waals surface area contributed by atoms with Gasteiger partial charge in [-0.25, -0.2) is 0 Å². The van der Waals surface area contributed by atoms with E-state index in [4.69, 9.17) is 15.9 Å². The molecule has 0 aromatic carbocycles. The van der Waals surface area contributed by atoms with Gasteiger partial charge in [0, 0.05) is 0 Å². The van der Waals surface area contributed by atoms with E-state index in [1.807, 2.05) is 5.32 Å². The van der Waals surface area contributed by atoms with Gasteiger partial charge in [0.05, 0.1) is 32.7 Å². The molecule has 0 aromatic heterocycles. The lowest BCUT2D eigenvalue weighted by atomic mass is 10.1. The fourth-order valence-electron chi connectivity index (χ4n) is 2.28. The second kappa shape index (κ2) is 16.3. The molecule has 0 aliphatic heterocycles.